The minimum atomic E-state index is -0.688. The Morgan fingerprint density at radius 1 is 1.15 bits per heavy atom. The van der Waals surface area contributed by atoms with E-state index in [-0.39, 0.29) is 35.4 Å². The van der Waals surface area contributed by atoms with Crippen molar-refractivity contribution in [3.8, 4) is 6.07 Å². The fourth-order valence-corrected chi connectivity index (χ4v) is 4.87. The van der Waals surface area contributed by atoms with E-state index in [1.807, 2.05) is 17.0 Å². The van der Waals surface area contributed by atoms with Crippen LogP contribution in [0, 0.1) is 11.3 Å². The van der Waals surface area contributed by atoms with Gasteiger partial charge in [0.15, 0.2) is 11.2 Å². The fraction of sp³-hybridized carbons (Fsp3) is 0.308. The molecule has 1 atom stereocenters. The summed E-state index contributed by atoms with van der Waals surface area (Å²) in [5.74, 6) is 0.280. The number of nitrogens with one attached hydrogen (secondary N) is 1. The van der Waals surface area contributed by atoms with E-state index < -0.39 is 23.7 Å². The van der Waals surface area contributed by atoms with Gasteiger partial charge >= 0.3 is 5.69 Å². The first-order chi connectivity index (χ1) is 18.8. The van der Waals surface area contributed by atoms with E-state index >= 15 is 0 Å². The number of anilines is 3. The summed E-state index contributed by atoms with van der Waals surface area (Å²) in [6, 6.07) is 14.0. The number of aromatic nitrogens is 5. The first kappa shape index (κ1) is 25.7. The molecule has 0 spiro atoms. The molecule has 13 heteroatoms. The van der Waals surface area contributed by atoms with Crippen LogP contribution < -0.4 is 32.9 Å². The number of hydrogen-bond donors (Lipinski definition) is 3. The molecular formula is C26H28N10O3. The van der Waals surface area contributed by atoms with Crippen molar-refractivity contribution in [3.05, 3.63) is 74.4 Å². The smallest absolute Gasteiger partial charge is 0.332 e. The molecule has 1 aromatic carbocycles. The number of benzene rings is 1. The van der Waals surface area contributed by atoms with Crippen LogP contribution in [0.4, 0.5) is 17.6 Å². The van der Waals surface area contributed by atoms with Crippen molar-refractivity contribution >= 4 is 34.7 Å². The molecular weight excluding hydrogens is 500 g/mol. The Bertz CT molecular complexity index is 1730. The Labute approximate surface area is 222 Å². The summed E-state index contributed by atoms with van der Waals surface area (Å²) in [6.45, 7) is 0.825. The zero-order chi connectivity index (χ0) is 27.7. The number of aryl methyl sites for hydroxylation is 1. The van der Waals surface area contributed by atoms with E-state index in [2.05, 4.69) is 16.4 Å². The lowest BCUT2D eigenvalue weighted by atomic mass is 10.1. The molecule has 0 radical (unpaired) electrons. The average Bonchev–Trinajstić information content (AvgIpc) is 3.29. The second kappa shape index (κ2) is 10.4. The van der Waals surface area contributed by atoms with Crippen molar-refractivity contribution in [3.63, 3.8) is 0 Å². The summed E-state index contributed by atoms with van der Waals surface area (Å²) in [7, 11) is 1.50. The number of piperidine rings is 1. The van der Waals surface area contributed by atoms with Gasteiger partial charge in [0.25, 0.3) is 5.56 Å². The number of imidazole rings is 1. The van der Waals surface area contributed by atoms with Crippen molar-refractivity contribution in [2.75, 3.05) is 29.0 Å². The number of nitrogens with zero attached hydrogens (tertiary/aromatic N) is 7. The van der Waals surface area contributed by atoms with Gasteiger partial charge in [0, 0.05) is 26.2 Å². The van der Waals surface area contributed by atoms with Crippen LogP contribution in [0.2, 0.25) is 0 Å². The van der Waals surface area contributed by atoms with Crippen molar-refractivity contribution < 1.29 is 4.79 Å². The van der Waals surface area contributed by atoms with Crippen LogP contribution >= 0.6 is 0 Å². The third-order valence-electron chi connectivity index (χ3n) is 6.76. The highest BCUT2D eigenvalue weighted by Gasteiger charge is 2.27. The van der Waals surface area contributed by atoms with E-state index in [9.17, 15) is 19.6 Å². The number of rotatable bonds is 6. The minimum Gasteiger partial charge on any atom is -0.384 e. The molecule has 13 nitrogen and oxygen atoms in total. The topological polar surface area (TPSA) is 183 Å². The average molecular weight is 529 g/mol. The van der Waals surface area contributed by atoms with Gasteiger partial charge in [0.2, 0.25) is 11.9 Å². The zero-order valence-electron chi connectivity index (χ0n) is 21.4. The molecule has 0 aliphatic carbocycles. The molecule has 200 valence electrons. The molecule has 39 heavy (non-hydrogen) atoms. The van der Waals surface area contributed by atoms with Crippen molar-refractivity contribution in [1.82, 2.24) is 23.7 Å². The van der Waals surface area contributed by atoms with Crippen LogP contribution in [0.15, 0.2) is 52.1 Å². The SMILES string of the molecule is Cn1c(=O)n(CC(=O)Nc2cccc(N)n2)c(=O)c2c1nc(N1CCCC(N)C1)n2Cc1ccccc1C#N. The highest BCUT2D eigenvalue weighted by atomic mass is 16.2. The maximum atomic E-state index is 13.8. The lowest BCUT2D eigenvalue weighted by molar-refractivity contribution is -0.116. The van der Waals surface area contributed by atoms with Gasteiger partial charge in [0.1, 0.15) is 18.2 Å². The third-order valence-corrected chi connectivity index (χ3v) is 6.76. The number of amides is 1. The quantitative estimate of drug-likeness (QED) is 0.318. The predicted octanol–water partition coefficient (Wildman–Crippen LogP) is 0.360. The number of hydrogen-bond acceptors (Lipinski definition) is 9. The largest absolute Gasteiger partial charge is 0.384 e. The van der Waals surface area contributed by atoms with E-state index in [0.29, 0.717) is 30.2 Å². The summed E-state index contributed by atoms with van der Waals surface area (Å²) in [5, 5.41) is 12.2. The summed E-state index contributed by atoms with van der Waals surface area (Å²) in [6.07, 6.45) is 1.72. The molecule has 0 bridgehead atoms. The van der Waals surface area contributed by atoms with Gasteiger partial charge in [-0.2, -0.15) is 10.2 Å². The standard InChI is InChI=1S/C26H28N10O3/c1-33-23-22(24(38)36(26(33)39)15-21(37)31-20-10-4-9-19(29)30-20)35(13-17-7-3-2-6-16(17)12-27)25(32-23)34-11-5-8-18(28)14-34/h2-4,6-7,9-10,18H,5,8,11,13-15,28H2,1H3,(H3,29,30,31,37). The molecule has 1 aliphatic heterocycles. The second-order valence-electron chi connectivity index (χ2n) is 9.52. The summed E-state index contributed by atoms with van der Waals surface area (Å²) in [4.78, 5) is 50.6. The highest BCUT2D eigenvalue weighted by molar-refractivity contribution is 5.90. The van der Waals surface area contributed by atoms with Crippen molar-refractivity contribution in [2.24, 2.45) is 12.8 Å². The van der Waals surface area contributed by atoms with Gasteiger partial charge in [-0.05, 0) is 36.6 Å². The lowest BCUT2D eigenvalue weighted by Gasteiger charge is -2.32. The van der Waals surface area contributed by atoms with Gasteiger partial charge in [-0.3, -0.25) is 18.7 Å². The minimum absolute atomic E-state index is 0.0665. The van der Waals surface area contributed by atoms with Gasteiger partial charge in [-0.15, -0.1) is 0 Å². The van der Waals surface area contributed by atoms with Crippen LogP contribution in [-0.2, 0) is 24.9 Å². The predicted molar refractivity (Wildman–Crippen MR) is 146 cm³/mol. The van der Waals surface area contributed by atoms with Gasteiger partial charge < -0.3 is 21.7 Å². The van der Waals surface area contributed by atoms with Crippen LogP contribution in [0.3, 0.4) is 0 Å². The van der Waals surface area contributed by atoms with E-state index in [4.69, 9.17) is 16.5 Å². The number of carbonyl (C=O) groups is 1. The monoisotopic (exact) mass is 528 g/mol. The number of nitrogen functional groups attached to an aromatic ring is 1. The summed E-state index contributed by atoms with van der Waals surface area (Å²) >= 11 is 0. The van der Waals surface area contributed by atoms with Crippen LogP contribution in [0.1, 0.15) is 24.0 Å². The van der Waals surface area contributed by atoms with Crippen LogP contribution in [-0.4, -0.2) is 48.7 Å². The molecule has 5 N–H and O–H groups in total. The number of nitriles is 1. The molecule has 1 unspecified atom stereocenters. The van der Waals surface area contributed by atoms with Crippen LogP contribution in [0.25, 0.3) is 11.2 Å². The molecule has 1 aliphatic rings. The molecule has 1 amide bonds. The van der Waals surface area contributed by atoms with Crippen molar-refractivity contribution in [2.45, 2.75) is 32.0 Å². The number of carbonyl (C=O) groups excluding carboxylic acids is 1. The Hall–Kier alpha value is -4.96. The molecule has 5 rings (SSSR count). The first-order valence-corrected chi connectivity index (χ1v) is 12.5. The summed E-state index contributed by atoms with van der Waals surface area (Å²) in [5.41, 5.74) is 12.0. The third kappa shape index (κ3) is 4.97. The molecule has 4 aromatic rings. The molecule has 4 heterocycles. The molecule has 3 aromatic heterocycles. The van der Waals surface area contributed by atoms with Crippen LogP contribution in [0.5, 0.6) is 0 Å². The maximum absolute atomic E-state index is 13.8. The molecule has 1 saturated heterocycles. The van der Waals surface area contributed by atoms with E-state index in [1.54, 1.807) is 34.9 Å². The first-order valence-electron chi connectivity index (χ1n) is 12.5. The zero-order valence-corrected chi connectivity index (χ0v) is 21.4. The van der Waals surface area contributed by atoms with Gasteiger partial charge in [-0.25, -0.2) is 14.3 Å². The second-order valence-corrected chi connectivity index (χ2v) is 9.52. The molecule has 0 saturated carbocycles. The Morgan fingerprint density at radius 2 is 1.95 bits per heavy atom. The fourth-order valence-electron chi connectivity index (χ4n) is 4.87. The Kier molecular flexibility index (Phi) is 6.86. The number of pyridine rings is 1. The van der Waals surface area contributed by atoms with Gasteiger partial charge in [-0.1, -0.05) is 24.3 Å². The normalized spacial score (nSPS) is 15.3. The Morgan fingerprint density at radius 3 is 2.69 bits per heavy atom. The molecule has 1 fully saturated rings. The number of fused-ring (bicyclic) bond motifs is 1. The maximum Gasteiger partial charge on any atom is 0.332 e. The highest BCUT2D eigenvalue weighted by Crippen LogP contribution is 2.25. The lowest BCUT2D eigenvalue weighted by Crippen LogP contribution is -2.44. The summed E-state index contributed by atoms with van der Waals surface area (Å²) < 4.78 is 3.83. The Balaban J connectivity index is 1.64. The van der Waals surface area contributed by atoms with Gasteiger partial charge in [0.05, 0.1) is 18.2 Å². The van der Waals surface area contributed by atoms with Crippen molar-refractivity contribution in [1.29, 1.82) is 5.26 Å². The van der Waals surface area contributed by atoms with E-state index in [0.717, 1.165) is 17.4 Å². The number of nitrogens with two attached hydrogens (primary N) is 2. The van der Waals surface area contributed by atoms with E-state index in [1.165, 1.54) is 11.6 Å².